The maximum atomic E-state index is 12.5. The number of ether oxygens (including phenoxy) is 2. The topological polar surface area (TPSA) is 76.9 Å². The molecular formula is C17H26N4O4. The summed E-state index contributed by atoms with van der Waals surface area (Å²) in [5, 5.41) is 4.41. The molecule has 1 aromatic rings. The van der Waals surface area contributed by atoms with Crippen molar-refractivity contribution in [3.8, 4) is 0 Å². The number of methoxy groups -OCH3 is 1. The van der Waals surface area contributed by atoms with Crippen molar-refractivity contribution in [3.63, 3.8) is 0 Å². The molecule has 8 heteroatoms. The molecule has 3 rings (SSSR count). The Labute approximate surface area is 147 Å². The number of rotatable bonds is 2. The van der Waals surface area contributed by atoms with Gasteiger partial charge in [-0.05, 0) is 27.7 Å². The minimum absolute atomic E-state index is 0.0186. The van der Waals surface area contributed by atoms with E-state index in [0.29, 0.717) is 26.1 Å². The third-order valence-corrected chi connectivity index (χ3v) is 4.56. The van der Waals surface area contributed by atoms with Crippen molar-refractivity contribution in [1.29, 1.82) is 0 Å². The molecule has 1 unspecified atom stereocenters. The second-order valence-electron chi connectivity index (χ2n) is 7.68. The van der Waals surface area contributed by atoms with Gasteiger partial charge in [-0.2, -0.15) is 5.10 Å². The first-order chi connectivity index (χ1) is 11.7. The number of aromatic nitrogens is 2. The molecule has 0 aliphatic carbocycles. The van der Waals surface area contributed by atoms with E-state index >= 15 is 0 Å². The SMILES string of the molecule is COC1CC(=O)N(c2cnn3c2CN(C(=O)OC(C)(C)C)[C@@H](C)C3)C1. The zero-order chi connectivity index (χ0) is 18.4. The van der Waals surface area contributed by atoms with Gasteiger partial charge in [0.1, 0.15) is 5.60 Å². The molecule has 0 N–H and O–H groups in total. The number of hydrogen-bond donors (Lipinski definition) is 0. The van der Waals surface area contributed by atoms with Gasteiger partial charge in [-0.3, -0.25) is 14.4 Å². The van der Waals surface area contributed by atoms with Crippen LogP contribution < -0.4 is 4.90 Å². The summed E-state index contributed by atoms with van der Waals surface area (Å²) in [5.41, 5.74) is 1.06. The number of amides is 2. The fraction of sp³-hybridized carbons (Fsp3) is 0.706. The van der Waals surface area contributed by atoms with Crippen LogP contribution in [0, 0.1) is 0 Å². The molecule has 1 aromatic heterocycles. The summed E-state index contributed by atoms with van der Waals surface area (Å²) in [6.07, 6.45) is 1.62. The van der Waals surface area contributed by atoms with E-state index in [0.717, 1.165) is 11.4 Å². The highest BCUT2D eigenvalue weighted by Gasteiger charge is 2.37. The van der Waals surface area contributed by atoms with Gasteiger partial charge in [0.25, 0.3) is 0 Å². The highest BCUT2D eigenvalue weighted by Crippen LogP contribution is 2.31. The first kappa shape index (κ1) is 17.7. The summed E-state index contributed by atoms with van der Waals surface area (Å²) in [5.74, 6) is 0.0186. The Bertz CT molecular complexity index is 679. The van der Waals surface area contributed by atoms with E-state index < -0.39 is 5.60 Å². The van der Waals surface area contributed by atoms with E-state index in [4.69, 9.17) is 9.47 Å². The summed E-state index contributed by atoms with van der Waals surface area (Å²) in [6, 6.07) is -0.0314. The van der Waals surface area contributed by atoms with Crippen LogP contribution in [0.2, 0.25) is 0 Å². The van der Waals surface area contributed by atoms with Gasteiger partial charge < -0.3 is 14.4 Å². The maximum Gasteiger partial charge on any atom is 0.410 e. The largest absolute Gasteiger partial charge is 0.444 e. The second kappa shape index (κ2) is 6.33. The molecule has 2 aliphatic rings. The maximum absolute atomic E-state index is 12.5. The molecule has 2 amide bonds. The Morgan fingerprint density at radius 1 is 1.32 bits per heavy atom. The summed E-state index contributed by atoms with van der Waals surface area (Å²) >= 11 is 0. The normalized spacial score (nSPS) is 23.8. The van der Waals surface area contributed by atoms with Crippen LogP contribution in [0.15, 0.2) is 6.20 Å². The Balaban J connectivity index is 1.83. The Kier molecular flexibility index (Phi) is 4.49. The first-order valence-corrected chi connectivity index (χ1v) is 8.57. The van der Waals surface area contributed by atoms with Crippen LogP contribution in [0.1, 0.15) is 39.8 Å². The van der Waals surface area contributed by atoms with Crippen molar-refractivity contribution >= 4 is 17.7 Å². The van der Waals surface area contributed by atoms with Crippen LogP contribution in [0.4, 0.5) is 10.5 Å². The number of hydrogen-bond acceptors (Lipinski definition) is 5. The van der Waals surface area contributed by atoms with E-state index in [1.54, 1.807) is 23.1 Å². The van der Waals surface area contributed by atoms with Gasteiger partial charge >= 0.3 is 6.09 Å². The van der Waals surface area contributed by atoms with Crippen molar-refractivity contribution in [2.24, 2.45) is 0 Å². The molecule has 8 nitrogen and oxygen atoms in total. The van der Waals surface area contributed by atoms with Gasteiger partial charge in [-0.1, -0.05) is 0 Å². The van der Waals surface area contributed by atoms with E-state index in [1.807, 2.05) is 32.4 Å². The molecule has 2 atom stereocenters. The fourth-order valence-electron chi connectivity index (χ4n) is 3.24. The lowest BCUT2D eigenvalue weighted by Gasteiger charge is -2.36. The van der Waals surface area contributed by atoms with Crippen molar-refractivity contribution in [1.82, 2.24) is 14.7 Å². The Hall–Kier alpha value is -2.09. The highest BCUT2D eigenvalue weighted by atomic mass is 16.6. The van der Waals surface area contributed by atoms with Gasteiger partial charge in [0.15, 0.2) is 0 Å². The summed E-state index contributed by atoms with van der Waals surface area (Å²) in [4.78, 5) is 28.2. The quantitative estimate of drug-likeness (QED) is 0.812. The molecule has 1 fully saturated rings. The van der Waals surface area contributed by atoms with E-state index in [9.17, 15) is 9.59 Å². The predicted octanol–water partition coefficient (Wildman–Crippen LogP) is 1.77. The van der Waals surface area contributed by atoms with Gasteiger partial charge in [-0.25, -0.2) is 4.79 Å². The van der Waals surface area contributed by atoms with Crippen molar-refractivity contribution in [2.75, 3.05) is 18.6 Å². The molecule has 0 radical (unpaired) electrons. The van der Waals surface area contributed by atoms with Crippen LogP contribution in [0.5, 0.6) is 0 Å². The number of nitrogens with zero attached hydrogens (tertiary/aromatic N) is 4. The monoisotopic (exact) mass is 350 g/mol. The van der Waals surface area contributed by atoms with Crippen LogP contribution >= 0.6 is 0 Å². The molecule has 0 saturated carbocycles. The lowest BCUT2D eigenvalue weighted by atomic mass is 10.2. The Morgan fingerprint density at radius 2 is 2.04 bits per heavy atom. The molecule has 0 spiro atoms. The van der Waals surface area contributed by atoms with Gasteiger partial charge in [0, 0.05) is 7.11 Å². The third-order valence-electron chi connectivity index (χ3n) is 4.56. The Morgan fingerprint density at radius 3 is 2.64 bits per heavy atom. The number of carbonyl (C=O) groups excluding carboxylic acids is 2. The standard InChI is InChI=1S/C17H26N4O4/c1-11-8-21-14(10-19(11)16(23)25-17(2,3)4)13(7-18-21)20-9-12(24-5)6-15(20)22/h7,11-12H,6,8-10H2,1-5H3/t11-,12?/m0/s1. The summed E-state index contributed by atoms with van der Waals surface area (Å²) < 4.78 is 12.7. The van der Waals surface area contributed by atoms with E-state index in [2.05, 4.69) is 5.10 Å². The molecule has 1 saturated heterocycles. The molecule has 25 heavy (non-hydrogen) atoms. The highest BCUT2D eigenvalue weighted by molar-refractivity contribution is 5.96. The molecule has 2 aliphatic heterocycles. The number of carbonyl (C=O) groups is 2. The zero-order valence-electron chi connectivity index (χ0n) is 15.5. The van der Waals surface area contributed by atoms with Crippen molar-refractivity contribution < 1.29 is 19.1 Å². The molecule has 0 bridgehead atoms. The molecular weight excluding hydrogens is 324 g/mol. The average Bonchev–Trinajstić information content (AvgIpc) is 3.07. The minimum Gasteiger partial charge on any atom is -0.444 e. The van der Waals surface area contributed by atoms with Crippen molar-refractivity contribution in [3.05, 3.63) is 11.9 Å². The van der Waals surface area contributed by atoms with Gasteiger partial charge in [0.05, 0.1) is 55.8 Å². The zero-order valence-corrected chi connectivity index (χ0v) is 15.5. The van der Waals surface area contributed by atoms with E-state index in [1.165, 1.54) is 0 Å². The van der Waals surface area contributed by atoms with Crippen molar-refractivity contribution in [2.45, 2.75) is 65.0 Å². The lowest BCUT2D eigenvalue weighted by Crippen LogP contribution is -2.47. The van der Waals surface area contributed by atoms with E-state index in [-0.39, 0.29) is 24.1 Å². The summed E-state index contributed by atoms with van der Waals surface area (Å²) in [6.45, 7) is 8.97. The van der Waals surface area contributed by atoms with Crippen LogP contribution in [0.25, 0.3) is 0 Å². The van der Waals surface area contributed by atoms with Crippen LogP contribution in [-0.4, -0.2) is 58.1 Å². The summed E-state index contributed by atoms with van der Waals surface area (Å²) in [7, 11) is 1.61. The molecule has 3 heterocycles. The lowest BCUT2D eigenvalue weighted by molar-refractivity contribution is -0.117. The average molecular weight is 350 g/mol. The third kappa shape index (κ3) is 3.49. The fourth-order valence-corrected chi connectivity index (χ4v) is 3.24. The number of fused-ring (bicyclic) bond motifs is 1. The van der Waals surface area contributed by atoms with Gasteiger partial charge in [-0.15, -0.1) is 0 Å². The van der Waals surface area contributed by atoms with Gasteiger partial charge in [0.2, 0.25) is 5.91 Å². The second-order valence-corrected chi connectivity index (χ2v) is 7.68. The molecule has 0 aromatic carbocycles. The minimum atomic E-state index is -0.548. The first-order valence-electron chi connectivity index (χ1n) is 8.57. The number of anilines is 1. The molecule has 138 valence electrons. The van der Waals surface area contributed by atoms with Crippen LogP contribution in [0.3, 0.4) is 0 Å². The smallest absolute Gasteiger partial charge is 0.410 e. The predicted molar refractivity (Wildman–Crippen MR) is 91.2 cm³/mol. The van der Waals surface area contributed by atoms with Crippen LogP contribution in [-0.2, 0) is 27.4 Å².